The number of benzene rings is 2. The zero-order valence-corrected chi connectivity index (χ0v) is 19.3. The van der Waals surface area contributed by atoms with E-state index in [0.29, 0.717) is 17.8 Å². The quantitative estimate of drug-likeness (QED) is 0.448. The van der Waals surface area contributed by atoms with E-state index in [1.54, 1.807) is 24.5 Å². The van der Waals surface area contributed by atoms with Crippen molar-refractivity contribution < 1.29 is 18.0 Å². The Morgan fingerprint density at radius 1 is 0.909 bits per heavy atom. The highest BCUT2D eigenvalue weighted by atomic mass is 32.2. The average molecular weight is 467 g/mol. The highest BCUT2D eigenvalue weighted by molar-refractivity contribution is 7.92. The second-order valence-corrected chi connectivity index (χ2v) is 9.20. The van der Waals surface area contributed by atoms with Gasteiger partial charge in [-0.15, -0.1) is 0 Å². The molecule has 0 bridgehead atoms. The summed E-state index contributed by atoms with van der Waals surface area (Å²) >= 11 is 0. The largest absolute Gasteiger partial charge is 0.352 e. The minimum atomic E-state index is -3.79. The van der Waals surface area contributed by atoms with Crippen molar-refractivity contribution >= 4 is 27.5 Å². The molecule has 0 fully saturated rings. The van der Waals surface area contributed by atoms with E-state index >= 15 is 0 Å². The molecule has 33 heavy (non-hydrogen) atoms. The first-order valence-electron chi connectivity index (χ1n) is 10.4. The molecule has 0 saturated heterocycles. The van der Waals surface area contributed by atoms with Gasteiger partial charge in [-0.3, -0.25) is 19.3 Å². The number of hydrogen-bond donors (Lipinski definition) is 3. The fraction of sp³-hybridized carbons (Fsp3) is 0.208. The second-order valence-electron chi connectivity index (χ2n) is 7.52. The van der Waals surface area contributed by atoms with Gasteiger partial charge in [0.05, 0.1) is 10.6 Å². The van der Waals surface area contributed by atoms with Crippen molar-refractivity contribution in [2.45, 2.75) is 31.7 Å². The second kappa shape index (κ2) is 10.7. The fourth-order valence-corrected chi connectivity index (χ4v) is 4.15. The van der Waals surface area contributed by atoms with Crippen molar-refractivity contribution in [2.75, 3.05) is 11.3 Å². The van der Waals surface area contributed by atoms with Gasteiger partial charge in [0, 0.05) is 37.5 Å². The minimum absolute atomic E-state index is 0.0513. The van der Waals surface area contributed by atoms with E-state index < -0.39 is 10.0 Å². The number of nitrogens with zero attached hydrogens (tertiary/aromatic N) is 1. The zero-order chi connectivity index (χ0) is 23.8. The molecule has 2 aromatic carbocycles. The van der Waals surface area contributed by atoms with Gasteiger partial charge in [-0.05, 0) is 73.0 Å². The van der Waals surface area contributed by atoms with Gasteiger partial charge < -0.3 is 10.6 Å². The Morgan fingerprint density at radius 3 is 2.30 bits per heavy atom. The lowest BCUT2D eigenvalue weighted by Gasteiger charge is -2.12. The molecule has 1 aromatic heterocycles. The maximum absolute atomic E-state index is 12.7. The van der Waals surface area contributed by atoms with Crippen molar-refractivity contribution in [2.24, 2.45) is 0 Å². The summed E-state index contributed by atoms with van der Waals surface area (Å²) in [6, 6.07) is 14.7. The third-order valence-electron chi connectivity index (χ3n) is 5.15. The van der Waals surface area contributed by atoms with Crippen LogP contribution in [0.3, 0.4) is 0 Å². The highest BCUT2D eigenvalue weighted by Gasteiger charge is 2.16. The lowest BCUT2D eigenvalue weighted by atomic mass is 10.1. The molecule has 0 unspecified atom stereocenters. The lowest BCUT2D eigenvalue weighted by molar-refractivity contribution is -0.121. The molecule has 0 atom stereocenters. The first-order chi connectivity index (χ1) is 15.8. The molecule has 8 nitrogen and oxygen atoms in total. The van der Waals surface area contributed by atoms with E-state index in [4.69, 9.17) is 0 Å². The van der Waals surface area contributed by atoms with Crippen LogP contribution in [-0.4, -0.2) is 31.8 Å². The van der Waals surface area contributed by atoms with Crippen molar-refractivity contribution in [1.29, 1.82) is 0 Å². The van der Waals surface area contributed by atoms with E-state index in [9.17, 15) is 18.0 Å². The first kappa shape index (κ1) is 23.9. The van der Waals surface area contributed by atoms with E-state index in [0.717, 1.165) is 16.7 Å². The maximum Gasteiger partial charge on any atom is 0.261 e. The Hall–Kier alpha value is -3.72. The SMILES string of the molecule is Cc1cccc(NS(=O)(=O)c2ccc(C(=O)NCCC(=O)NCc3ccncc3)cc2)c1C. The molecule has 0 aliphatic rings. The van der Waals surface area contributed by atoms with Crippen LogP contribution in [0, 0.1) is 13.8 Å². The fourth-order valence-electron chi connectivity index (χ4n) is 3.03. The number of aromatic nitrogens is 1. The first-order valence-corrected chi connectivity index (χ1v) is 11.9. The van der Waals surface area contributed by atoms with Gasteiger partial charge in [-0.2, -0.15) is 0 Å². The van der Waals surface area contributed by atoms with Gasteiger partial charge in [0.25, 0.3) is 15.9 Å². The van der Waals surface area contributed by atoms with Crippen LogP contribution in [0.25, 0.3) is 0 Å². The number of pyridine rings is 1. The van der Waals surface area contributed by atoms with Crippen molar-refractivity contribution in [1.82, 2.24) is 15.6 Å². The molecule has 0 saturated carbocycles. The summed E-state index contributed by atoms with van der Waals surface area (Å²) in [5.74, 6) is -0.575. The molecule has 0 aliphatic heterocycles. The van der Waals surface area contributed by atoms with Crippen molar-refractivity contribution in [3.8, 4) is 0 Å². The van der Waals surface area contributed by atoms with Crippen molar-refractivity contribution in [3.63, 3.8) is 0 Å². The van der Waals surface area contributed by atoms with E-state index in [1.807, 2.05) is 32.0 Å². The number of aryl methyl sites for hydroxylation is 1. The maximum atomic E-state index is 12.7. The molecule has 0 radical (unpaired) electrons. The van der Waals surface area contributed by atoms with Crippen LogP contribution in [0.1, 0.15) is 33.5 Å². The Labute approximate surface area is 193 Å². The number of amides is 2. The molecule has 3 N–H and O–H groups in total. The third-order valence-corrected chi connectivity index (χ3v) is 6.53. The van der Waals surface area contributed by atoms with E-state index in [-0.39, 0.29) is 29.7 Å². The number of sulfonamides is 1. The van der Waals surface area contributed by atoms with E-state index in [2.05, 4.69) is 20.3 Å². The Kier molecular flexibility index (Phi) is 7.78. The highest BCUT2D eigenvalue weighted by Crippen LogP contribution is 2.22. The Bertz CT molecular complexity index is 1230. The standard InChI is InChI=1S/C24H26N4O4S/c1-17-4-3-5-22(18(17)2)28-33(31,32)21-8-6-20(7-9-21)24(30)26-15-12-23(29)27-16-19-10-13-25-14-11-19/h3-11,13-14,28H,12,15-16H2,1-2H3,(H,26,30)(H,27,29). The predicted molar refractivity (Wildman–Crippen MR) is 126 cm³/mol. The number of carbonyl (C=O) groups is 2. The van der Waals surface area contributed by atoms with Crippen LogP contribution in [0.5, 0.6) is 0 Å². The number of carbonyl (C=O) groups excluding carboxylic acids is 2. The molecule has 1 heterocycles. The zero-order valence-electron chi connectivity index (χ0n) is 18.5. The number of rotatable bonds is 9. The summed E-state index contributed by atoms with van der Waals surface area (Å²) in [6.45, 7) is 4.31. The number of hydrogen-bond acceptors (Lipinski definition) is 5. The van der Waals surface area contributed by atoms with Gasteiger partial charge in [0.1, 0.15) is 0 Å². The average Bonchev–Trinajstić information content (AvgIpc) is 2.81. The van der Waals surface area contributed by atoms with Crippen molar-refractivity contribution in [3.05, 3.63) is 89.2 Å². The number of nitrogens with one attached hydrogen (secondary N) is 3. The third kappa shape index (κ3) is 6.63. The molecule has 9 heteroatoms. The minimum Gasteiger partial charge on any atom is -0.352 e. The summed E-state index contributed by atoms with van der Waals surface area (Å²) in [5, 5.41) is 5.44. The van der Waals surface area contributed by atoms with Crippen LogP contribution >= 0.6 is 0 Å². The van der Waals surface area contributed by atoms with Gasteiger partial charge in [0.15, 0.2) is 0 Å². The van der Waals surface area contributed by atoms with Gasteiger partial charge in [-0.1, -0.05) is 12.1 Å². The molecule has 172 valence electrons. The van der Waals surface area contributed by atoms with Crippen LogP contribution in [0.2, 0.25) is 0 Å². The summed E-state index contributed by atoms with van der Waals surface area (Å²) < 4.78 is 28.0. The molecule has 3 aromatic rings. The summed E-state index contributed by atoms with van der Waals surface area (Å²) in [5.41, 5.74) is 3.58. The van der Waals surface area contributed by atoms with Crippen LogP contribution in [-0.2, 0) is 21.4 Å². The molecule has 0 aliphatic carbocycles. The summed E-state index contributed by atoms with van der Waals surface area (Å²) in [4.78, 5) is 28.2. The van der Waals surface area contributed by atoms with E-state index in [1.165, 1.54) is 24.3 Å². The lowest BCUT2D eigenvalue weighted by Crippen LogP contribution is -2.30. The van der Waals surface area contributed by atoms with Crippen LogP contribution in [0.15, 0.2) is 71.9 Å². The van der Waals surface area contributed by atoms with Gasteiger partial charge >= 0.3 is 0 Å². The van der Waals surface area contributed by atoms with Gasteiger partial charge in [-0.25, -0.2) is 8.42 Å². The normalized spacial score (nSPS) is 11.0. The Balaban J connectivity index is 1.51. The van der Waals surface area contributed by atoms with Crippen LogP contribution in [0.4, 0.5) is 5.69 Å². The monoisotopic (exact) mass is 466 g/mol. The summed E-state index contributed by atoms with van der Waals surface area (Å²) in [6.07, 6.45) is 3.43. The smallest absolute Gasteiger partial charge is 0.261 e. The molecule has 0 spiro atoms. The van der Waals surface area contributed by atoms with Gasteiger partial charge in [0.2, 0.25) is 5.91 Å². The molecular weight excluding hydrogens is 440 g/mol. The molecule has 3 rings (SSSR count). The molecular formula is C24H26N4O4S. The Morgan fingerprint density at radius 2 is 1.61 bits per heavy atom. The summed E-state index contributed by atoms with van der Waals surface area (Å²) in [7, 11) is -3.79. The number of anilines is 1. The molecule has 2 amide bonds. The predicted octanol–water partition coefficient (Wildman–Crippen LogP) is 2.94. The topological polar surface area (TPSA) is 117 Å². The van der Waals surface area contributed by atoms with Crippen LogP contribution < -0.4 is 15.4 Å².